The van der Waals surface area contributed by atoms with Crippen LogP contribution >= 0.6 is 0 Å². The van der Waals surface area contributed by atoms with Crippen molar-refractivity contribution in [2.24, 2.45) is 16.7 Å². The lowest BCUT2D eigenvalue weighted by molar-refractivity contribution is -0.120. The molecule has 1 aliphatic rings. The first-order chi connectivity index (χ1) is 26.6. The monoisotopic (exact) mass is 760 g/mol. The Morgan fingerprint density at radius 3 is 1.88 bits per heavy atom. The molecule has 0 atom stereocenters. The van der Waals surface area contributed by atoms with Crippen LogP contribution < -0.4 is 24.4 Å². The molecular weight excluding hydrogens is 701 g/mol. The highest BCUT2D eigenvalue weighted by Gasteiger charge is 2.30. The van der Waals surface area contributed by atoms with Gasteiger partial charge in [0.2, 0.25) is 11.8 Å². The van der Waals surface area contributed by atoms with Crippen LogP contribution in [0.5, 0.6) is 17.2 Å². The summed E-state index contributed by atoms with van der Waals surface area (Å²) in [6.07, 6.45) is 8.92. The molecule has 2 amide bonds. The van der Waals surface area contributed by atoms with E-state index < -0.39 is 0 Å². The Kier molecular flexibility index (Phi) is 13.6. The topological polar surface area (TPSA) is 103 Å². The lowest BCUT2D eigenvalue weighted by atomic mass is 9.78. The van der Waals surface area contributed by atoms with Gasteiger partial charge in [0, 0.05) is 42.6 Å². The van der Waals surface area contributed by atoms with Gasteiger partial charge in [0.25, 0.3) is 0 Å². The molecule has 0 bridgehead atoms. The second kappa shape index (κ2) is 18.2. The van der Waals surface area contributed by atoms with Crippen molar-refractivity contribution >= 4 is 45.0 Å². The van der Waals surface area contributed by atoms with E-state index >= 15 is 0 Å². The number of nitrogens with one attached hydrogen (secondary N) is 1. The number of methoxy groups -OCH3 is 3. The zero-order chi connectivity index (χ0) is 40.6. The van der Waals surface area contributed by atoms with Gasteiger partial charge in [-0.1, -0.05) is 53.7 Å². The van der Waals surface area contributed by atoms with Crippen LogP contribution in [0.3, 0.4) is 0 Å². The third-order valence-corrected chi connectivity index (χ3v) is 10.3. The minimum atomic E-state index is -0.0903. The lowest BCUT2D eigenvalue weighted by Gasteiger charge is -2.34. The number of rotatable bonds is 10. The van der Waals surface area contributed by atoms with Crippen LogP contribution in [-0.4, -0.2) is 49.7 Å². The van der Waals surface area contributed by atoms with Gasteiger partial charge >= 0.3 is 0 Å². The number of nitrogens with zero attached hydrogens (tertiary/aromatic N) is 3. The van der Waals surface area contributed by atoms with Gasteiger partial charge in [0.15, 0.2) is 0 Å². The third kappa shape index (κ3) is 11.2. The number of ether oxygens (including phenoxy) is 3. The standard InChI is InChI=1S/C31H40N2O3.C16H20N2O2/c1-21-17-24(11-14-28(21)36-6)23-9-7-22(8-10-23)20-33(29(34)19-31(2,3)4)30-27-13-12-26(35-5)18-25(27)15-16-32-30;1-16(2,3)10-14(19)18-15-13-6-5-12(20-4)9-11(13)7-8-17-15/h11-18,22-23H,7-10,19-20H2,1-6H3;5-9H,10H2,1-4H3,(H,17,18,19). The number of carbonyl (C=O) groups is 2. The number of amides is 2. The van der Waals surface area contributed by atoms with Gasteiger partial charge in [-0.25, -0.2) is 9.97 Å². The molecule has 1 aliphatic carbocycles. The molecule has 3 aromatic carbocycles. The summed E-state index contributed by atoms with van der Waals surface area (Å²) in [6, 6.07) is 22.1. The van der Waals surface area contributed by atoms with Gasteiger partial charge in [-0.15, -0.1) is 0 Å². The van der Waals surface area contributed by atoms with E-state index in [4.69, 9.17) is 19.2 Å². The predicted molar refractivity (Wildman–Crippen MR) is 228 cm³/mol. The molecule has 2 aromatic heterocycles. The molecule has 1 fully saturated rings. The fourth-order valence-corrected chi connectivity index (χ4v) is 7.47. The summed E-state index contributed by atoms with van der Waals surface area (Å²) in [5, 5.41) is 6.81. The quantitative estimate of drug-likeness (QED) is 0.151. The van der Waals surface area contributed by atoms with Crippen LogP contribution in [-0.2, 0) is 9.59 Å². The molecule has 298 valence electrons. The number of hydrogen-bond donors (Lipinski definition) is 1. The van der Waals surface area contributed by atoms with Crippen LogP contribution in [0.1, 0.15) is 97.1 Å². The van der Waals surface area contributed by atoms with Crippen molar-refractivity contribution < 1.29 is 23.8 Å². The normalized spacial score (nSPS) is 15.8. The second-order valence-corrected chi connectivity index (χ2v) is 17.4. The summed E-state index contributed by atoms with van der Waals surface area (Å²) in [4.78, 5) is 36.6. The average molecular weight is 761 g/mol. The number of fused-ring (bicyclic) bond motifs is 2. The number of aryl methyl sites for hydroxylation is 1. The summed E-state index contributed by atoms with van der Waals surface area (Å²) >= 11 is 0. The van der Waals surface area contributed by atoms with Gasteiger partial charge in [-0.05, 0) is 132 Å². The van der Waals surface area contributed by atoms with Gasteiger partial charge in [-0.2, -0.15) is 0 Å². The molecule has 0 unspecified atom stereocenters. The van der Waals surface area contributed by atoms with E-state index in [1.165, 1.54) is 11.1 Å². The molecule has 0 spiro atoms. The number of benzene rings is 3. The Hall–Kier alpha value is -5.18. The molecule has 0 saturated heterocycles. The van der Waals surface area contributed by atoms with Crippen LogP contribution in [0.2, 0.25) is 0 Å². The summed E-state index contributed by atoms with van der Waals surface area (Å²) in [7, 11) is 5.03. The molecule has 56 heavy (non-hydrogen) atoms. The molecule has 1 saturated carbocycles. The fourth-order valence-electron chi connectivity index (χ4n) is 7.47. The van der Waals surface area contributed by atoms with Crippen molar-refractivity contribution in [2.45, 2.75) is 92.9 Å². The summed E-state index contributed by atoms with van der Waals surface area (Å²) in [5.41, 5.74) is 2.46. The van der Waals surface area contributed by atoms with Gasteiger partial charge < -0.3 is 19.5 Å². The Balaban J connectivity index is 0.000000253. The molecule has 6 rings (SSSR count). The van der Waals surface area contributed by atoms with E-state index in [0.29, 0.717) is 37.0 Å². The molecule has 5 aromatic rings. The van der Waals surface area contributed by atoms with Crippen molar-refractivity contribution in [2.75, 3.05) is 38.1 Å². The van der Waals surface area contributed by atoms with Crippen LogP contribution in [0.15, 0.2) is 79.1 Å². The summed E-state index contributed by atoms with van der Waals surface area (Å²) in [5.74, 6) is 5.04. The highest BCUT2D eigenvalue weighted by atomic mass is 16.5. The first-order valence-electron chi connectivity index (χ1n) is 19.7. The number of carbonyl (C=O) groups excluding carboxylic acids is 2. The lowest BCUT2D eigenvalue weighted by Crippen LogP contribution is -2.39. The van der Waals surface area contributed by atoms with Crippen LogP contribution in [0.4, 0.5) is 11.6 Å². The van der Waals surface area contributed by atoms with Crippen molar-refractivity contribution in [1.29, 1.82) is 0 Å². The number of hydrogen-bond acceptors (Lipinski definition) is 7. The first kappa shape index (κ1) is 42.0. The Bertz CT molecular complexity index is 2130. The summed E-state index contributed by atoms with van der Waals surface area (Å²) < 4.78 is 16.1. The molecular formula is C47H60N4O5. The number of aromatic nitrogens is 2. The molecule has 9 nitrogen and oxygen atoms in total. The maximum Gasteiger partial charge on any atom is 0.228 e. The maximum atomic E-state index is 13.6. The molecule has 1 N–H and O–H groups in total. The van der Waals surface area contributed by atoms with E-state index in [1.807, 2.05) is 74.2 Å². The van der Waals surface area contributed by atoms with Crippen LogP contribution in [0, 0.1) is 23.7 Å². The van der Waals surface area contributed by atoms with E-state index in [0.717, 1.165) is 70.3 Å². The van der Waals surface area contributed by atoms with E-state index in [-0.39, 0.29) is 22.6 Å². The first-order valence-corrected chi connectivity index (χ1v) is 19.7. The fraction of sp³-hybridized carbons (Fsp3) is 0.447. The minimum Gasteiger partial charge on any atom is -0.497 e. The number of pyridine rings is 2. The smallest absolute Gasteiger partial charge is 0.228 e. The zero-order valence-corrected chi connectivity index (χ0v) is 35.0. The molecule has 0 radical (unpaired) electrons. The van der Waals surface area contributed by atoms with E-state index in [2.05, 4.69) is 56.2 Å². The van der Waals surface area contributed by atoms with Crippen molar-refractivity contribution in [3.05, 3.63) is 90.3 Å². The highest BCUT2D eigenvalue weighted by molar-refractivity contribution is 6.03. The van der Waals surface area contributed by atoms with Gasteiger partial charge in [-0.3, -0.25) is 14.5 Å². The Labute approximate surface area is 333 Å². The second-order valence-electron chi connectivity index (χ2n) is 17.4. The van der Waals surface area contributed by atoms with Crippen LogP contribution in [0.25, 0.3) is 21.5 Å². The highest BCUT2D eigenvalue weighted by Crippen LogP contribution is 2.39. The van der Waals surface area contributed by atoms with Crippen molar-refractivity contribution in [3.8, 4) is 17.2 Å². The van der Waals surface area contributed by atoms with Crippen molar-refractivity contribution in [3.63, 3.8) is 0 Å². The Morgan fingerprint density at radius 1 is 0.714 bits per heavy atom. The van der Waals surface area contributed by atoms with E-state index in [9.17, 15) is 9.59 Å². The van der Waals surface area contributed by atoms with E-state index in [1.54, 1.807) is 33.7 Å². The molecule has 9 heteroatoms. The average Bonchev–Trinajstić information content (AvgIpc) is 3.15. The predicted octanol–water partition coefficient (Wildman–Crippen LogP) is 10.9. The SMILES string of the molecule is COc1ccc2c(N(CC3CCC(c4ccc(OC)c(C)c4)CC3)C(=O)CC(C)(C)C)nccc2c1.COc1ccc2c(NC(=O)CC(C)(C)C)nccc2c1. The largest absolute Gasteiger partial charge is 0.497 e. The van der Waals surface area contributed by atoms with Gasteiger partial charge in [0.05, 0.1) is 21.3 Å². The maximum absolute atomic E-state index is 13.6. The van der Waals surface area contributed by atoms with Gasteiger partial charge in [0.1, 0.15) is 28.9 Å². The molecule has 2 heterocycles. The zero-order valence-electron chi connectivity index (χ0n) is 35.0. The number of anilines is 2. The minimum absolute atomic E-state index is 0.0201. The van der Waals surface area contributed by atoms with Crippen molar-refractivity contribution in [1.82, 2.24) is 9.97 Å². The molecule has 0 aliphatic heterocycles. The third-order valence-electron chi connectivity index (χ3n) is 10.3. The Morgan fingerprint density at radius 2 is 1.30 bits per heavy atom. The summed E-state index contributed by atoms with van der Waals surface area (Å²) in [6.45, 7) is 15.3.